The second kappa shape index (κ2) is 6.09. The molecule has 24 heavy (non-hydrogen) atoms. The molecule has 7 nitrogen and oxygen atoms in total. The number of carbonyl (C=O) groups is 1. The standard InChI is InChI=1S/C17H20N4O3/c1-19-13(8-15(22)20(2)17(19)24)10-21-9-12-6-4-3-5-11(12)7-14(21)16(18)23/h3-6,8,14H,7,9-10H2,1-2H3,(H2,18,23)/t14-/m1/s1. The van der Waals surface area contributed by atoms with Crippen molar-refractivity contribution in [2.75, 3.05) is 0 Å². The minimum Gasteiger partial charge on any atom is -0.368 e. The van der Waals surface area contributed by atoms with Crippen LogP contribution in [0.5, 0.6) is 0 Å². The average Bonchev–Trinajstić information content (AvgIpc) is 2.57. The zero-order valence-corrected chi connectivity index (χ0v) is 13.7. The third-order valence-electron chi connectivity index (χ3n) is 4.66. The van der Waals surface area contributed by atoms with Crippen LogP contribution in [0.4, 0.5) is 0 Å². The topological polar surface area (TPSA) is 90.3 Å². The average molecular weight is 328 g/mol. The van der Waals surface area contributed by atoms with Crippen molar-refractivity contribution in [1.82, 2.24) is 14.0 Å². The molecule has 0 saturated heterocycles. The van der Waals surface area contributed by atoms with Gasteiger partial charge >= 0.3 is 5.69 Å². The lowest BCUT2D eigenvalue weighted by Gasteiger charge is -2.35. The van der Waals surface area contributed by atoms with Gasteiger partial charge in [0.15, 0.2) is 0 Å². The van der Waals surface area contributed by atoms with E-state index in [0.717, 1.165) is 15.7 Å². The maximum atomic E-state index is 12.1. The summed E-state index contributed by atoms with van der Waals surface area (Å²) in [5, 5.41) is 0. The Balaban J connectivity index is 1.98. The van der Waals surface area contributed by atoms with Gasteiger partial charge in [0.05, 0.1) is 6.04 Å². The summed E-state index contributed by atoms with van der Waals surface area (Å²) in [4.78, 5) is 37.8. The zero-order chi connectivity index (χ0) is 17.4. The molecule has 1 aliphatic rings. The second-order valence-electron chi connectivity index (χ2n) is 6.17. The van der Waals surface area contributed by atoms with Crippen LogP contribution in [0.2, 0.25) is 0 Å². The lowest BCUT2D eigenvalue weighted by molar-refractivity contribution is -0.124. The number of benzene rings is 1. The Morgan fingerprint density at radius 3 is 2.50 bits per heavy atom. The highest BCUT2D eigenvalue weighted by atomic mass is 16.2. The smallest absolute Gasteiger partial charge is 0.330 e. The van der Waals surface area contributed by atoms with E-state index in [1.165, 1.54) is 17.7 Å². The Hall–Kier alpha value is -2.67. The molecule has 3 rings (SSSR count). The van der Waals surface area contributed by atoms with E-state index in [0.29, 0.717) is 25.2 Å². The molecule has 0 radical (unpaired) electrons. The van der Waals surface area contributed by atoms with Crippen molar-refractivity contribution < 1.29 is 4.79 Å². The highest BCUT2D eigenvalue weighted by Gasteiger charge is 2.30. The van der Waals surface area contributed by atoms with E-state index in [4.69, 9.17) is 5.73 Å². The monoisotopic (exact) mass is 328 g/mol. The fourth-order valence-corrected chi connectivity index (χ4v) is 3.16. The molecule has 0 spiro atoms. The van der Waals surface area contributed by atoms with Crippen molar-refractivity contribution >= 4 is 5.91 Å². The van der Waals surface area contributed by atoms with E-state index < -0.39 is 11.9 Å². The third kappa shape index (κ3) is 2.78. The summed E-state index contributed by atoms with van der Waals surface area (Å²) in [6.45, 7) is 0.858. The zero-order valence-electron chi connectivity index (χ0n) is 13.7. The quantitative estimate of drug-likeness (QED) is 0.822. The van der Waals surface area contributed by atoms with Crippen LogP contribution in [0.15, 0.2) is 39.9 Å². The summed E-state index contributed by atoms with van der Waals surface area (Å²) in [5.74, 6) is -0.404. The largest absolute Gasteiger partial charge is 0.368 e. The summed E-state index contributed by atoms with van der Waals surface area (Å²) >= 11 is 0. The Kier molecular flexibility index (Phi) is 4.11. The molecule has 0 fully saturated rings. The molecular weight excluding hydrogens is 308 g/mol. The second-order valence-corrected chi connectivity index (χ2v) is 6.17. The number of aromatic nitrogens is 2. The summed E-state index contributed by atoms with van der Waals surface area (Å²) in [6.07, 6.45) is 0.532. The fraction of sp³-hybridized carbons (Fsp3) is 0.353. The minimum absolute atomic E-state index is 0.309. The Morgan fingerprint density at radius 2 is 1.83 bits per heavy atom. The van der Waals surface area contributed by atoms with E-state index in [1.54, 1.807) is 7.05 Å². The third-order valence-corrected chi connectivity index (χ3v) is 4.66. The molecular formula is C17H20N4O3. The van der Waals surface area contributed by atoms with Gasteiger partial charge in [0, 0.05) is 38.9 Å². The fourth-order valence-electron chi connectivity index (χ4n) is 3.16. The van der Waals surface area contributed by atoms with Crippen LogP contribution in [-0.4, -0.2) is 26.0 Å². The molecule has 0 saturated carbocycles. The van der Waals surface area contributed by atoms with Crippen LogP contribution in [0.1, 0.15) is 16.8 Å². The van der Waals surface area contributed by atoms with Gasteiger partial charge < -0.3 is 5.73 Å². The molecule has 7 heteroatoms. The number of hydrogen-bond acceptors (Lipinski definition) is 4. The number of hydrogen-bond donors (Lipinski definition) is 1. The number of primary amides is 1. The van der Waals surface area contributed by atoms with Crippen LogP contribution < -0.4 is 17.0 Å². The van der Waals surface area contributed by atoms with Crippen molar-refractivity contribution in [2.45, 2.75) is 25.6 Å². The van der Waals surface area contributed by atoms with Gasteiger partial charge in [-0.3, -0.25) is 23.6 Å². The first kappa shape index (κ1) is 16.2. The van der Waals surface area contributed by atoms with Crippen LogP contribution >= 0.6 is 0 Å². The van der Waals surface area contributed by atoms with Crippen molar-refractivity contribution in [3.8, 4) is 0 Å². The SMILES string of the molecule is Cn1c(CN2Cc3ccccc3C[C@@H]2C(N)=O)cc(=O)n(C)c1=O. The number of carbonyl (C=O) groups excluding carboxylic acids is 1. The highest BCUT2D eigenvalue weighted by molar-refractivity contribution is 5.80. The maximum absolute atomic E-state index is 12.1. The predicted octanol–water partition coefficient (Wildman–Crippen LogP) is -0.504. The highest BCUT2D eigenvalue weighted by Crippen LogP contribution is 2.24. The van der Waals surface area contributed by atoms with Crippen LogP contribution in [-0.2, 0) is 38.4 Å². The molecule has 2 N–H and O–H groups in total. The van der Waals surface area contributed by atoms with Gasteiger partial charge in [0.2, 0.25) is 5.91 Å². The molecule has 0 aliphatic carbocycles. The molecule has 2 aromatic rings. The molecule has 2 heterocycles. The summed E-state index contributed by atoms with van der Waals surface area (Å²) in [7, 11) is 3.06. The number of rotatable bonds is 3. The first-order valence-corrected chi connectivity index (χ1v) is 7.74. The van der Waals surface area contributed by atoms with Crippen molar-refractivity contribution in [3.05, 3.63) is 68.0 Å². The number of nitrogens with two attached hydrogens (primary N) is 1. The lowest BCUT2D eigenvalue weighted by atomic mass is 9.93. The summed E-state index contributed by atoms with van der Waals surface area (Å²) in [5.41, 5.74) is 7.63. The molecule has 126 valence electrons. The van der Waals surface area contributed by atoms with E-state index >= 15 is 0 Å². The predicted molar refractivity (Wildman–Crippen MR) is 89.3 cm³/mol. The van der Waals surface area contributed by atoms with Crippen molar-refractivity contribution in [2.24, 2.45) is 19.8 Å². The molecule has 1 atom stereocenters. The van der Waals surface area contributed by atoms with Crippen molar-refractivity contribution in [1.29, 1.82) is 0 Å². The van der Waals surface area contributed by atoms with Crippen LogP contribution in [0, 0.1) is 0 Å². The Morgan fingerprint density at radius 1 is 1.17 bits per heavy atom. The lowest BCUT2D eigenvalue weighted by Crippen LogP contribution is -2.49. The number of amides is 1. The molecule has 1 aromatic carbocycles. The van der Waals surface area contributed by atoms with Gasteiger partial charge in [-0.25, -0.2) is 4.79 Å². The van der Waals surface area contributed by atoms with E-state index in [9.17, 15) is 14.4 Å². The Bertz CT molecular complexity index is 913. The molecule has 0 bridgehead atoms. The molecule has 1 aliphatic heterocycles. The first-order valence-electron chi connectivity index (χ1n) is 7.74. The minimum atomic E-state index is -0.459. The van der Waals surface area contributed by atoms with Crippen LogP contribution in [0.3, 0.4) is 0 Å². The normalized spacial score (nSPS) is 17.5. The number of nitrogens with zero attached hydrogens (tertiary/aromatic N) is 3. The van der Waals surface area contributed by atoms with Gasteiger partial charge in [-0.05, 0) is 17.5 Å². The summed E-state index contributed by atoms with van der Waals surface area (Å²) < 4.78 is 2.49. The Labute approximate surface area is 138 Å². The molecule has 0 unspecified atom stereocenters. The van der Waals surface area contributed by atoms with E-state index in [2.05, 4.69) is 0 Å². The summed E-state index contributed by atoms with van der Waals surface area (Å²) in [6, 6.07) is 8.88. The van der Waals surface area contributed by atoms with Crippen LogP contribution in [0.25, 0.3) is 0 Å². The van der Waals surface area contributed by atoms with Crippen molar-refractivity contribution in [3.63, 3.8) is 0 Å². The maximum Gasteiger partial charge on any atom is 0.330 e. The van der Waals surface area contributed by atoms with Gasteiger partial charge in [0.1, 0.15) is 0 Å². The first-order chi connectivity index (χ1) is 11.4. The van der Waals surface area contributed by atoms with E-state index in [-0.39, 0.29) is 11.2 Å². The molecule has 1 amide bonds. The molecule has 1 aromatic heterocycles. The van der Waals surface area contributed by atoms with Gasteiger partial charge in [-0.2, -0.15) is 0 Å². The van der Waals surface area contributed by atoms with Gasteiger partial charge in [0.25, 0.3) is 5.56 Å². The van der Waals surface area contributed by atoms with E-state index in [1.807, 2.05) is 29.2 Å². The van der Waals surface area contributed by atoms with Gasteiger partial charge in [-0.1, -0.05) is 24.3 Å². The number of fused-ring (bicyclic) bond motifs is 1. The van der Waals surface area contributed by atoms with Gasteiger partial charge in [-0.15, -0.1) is 0 Å².